The van der Waals surface area contributed by atoms with E-state index in [9.17, 15) is 32.8 Å². The van der Waals surface area contributed by atoms with Crippen molar-refractivity contribution in [3.05, 3.63) is 29.0 Å². The van der Waals surface area contributed by atoms with Gasteiger partial charge in [0.05, 0.1) is 11.1 Å². The summed E-state index contributed by atoms with van der Waals surface area (Å²) in [5.74, 6) is -3.96. The van der Waals surface area contributed by atoms with Gasteiger partial charge in [0.1, 0.15) is 18.1 Å². The van der Waals surface area contributed by atoms with E-state index in [1.807, 2.05) is 18.3 Å². The summed E-state index contributed by atoms with van der Waals surface area (Å²) in [7, 11) is 0. The molecule has 0 unspecified atom stereocenters. The molecule has 8 nitrogen and oxygen atoms in total. The van der Waals surface area contributed by atoms with Gasteiger partial charge in [-0.3, -0.25) is 19.4 Å². The van der Waals surface area contributed by atoms with E-state index in [1.54, 1.807) is 20.8 Å². The van der Waals surface area contributed by atoms with E-state index in [2.05, 4.69) is 10.3 Å². The first-order valence-electron chi connectivity index (χ1n) is 11.2. The predicted molar refractivity (Wildman–Crippen MR) is 122 cm³/mol. The van der Waals surface area contributed by atoms with Crippen molar-refractivity contribution in [2.24, 2.45) is 11.3 Å². The van der Waals surface area contributed by atoms with Gasteiger partial charge >= 0.3 is 12.1 Å². The number of nitriles is 1. The summed E-state index contributed by atoms with van der Waals surface area (Å²) in [5, 5.41) is 14.3. The minimum atomic E-state index is -5.17. The fourth-order valence-electron chi connectivity index (χ4n) is 4.36. The zero-order chi connectivity index (χ0) is 26.6. The summed E-state index contributed by atoms with van der Waals surface area (Å²) in [6.45, 7) is 6.87. The van der Waals surface area contributed by atoms with Crippen LogP contribution in [0.1, 0.15) is 58.6 Å². The van der Waals surface area contributed by atoms with E-state index in [1.165, 1.54) is 23.4 Å². The van der Waals surface area contributed by atoms with E-state index < -0.39 is 47.4 Å². The molecule has 1 aliphatic heterocycles. The first kappa shape index (κ1) is 28.4. The second kappa shape index (κ2) is 11.2. The van der Waals surface area contributed by atoms with Gasteiger partial charge in [-0.1, -0.05) is 45.7 Å². The van der Waals surface area contributed by atoms with E-state index in [0.717, 1.165) is 0 Å². The van der Waals surface area contributed by atoms with Crippen molar-refractivity contribution in [1.29, 1.82) is 5.26 Å². The van der Waals surface area contributed by atoms with E-state index >= 15 is 0 Å². The minimum Gasteiger partial charge on any atom is -0.336 e. The van der Waals surface area contributed by atoms with Gasteiger partial charge in [0.15, 0.2) is 0 Å². The number of nitrogens with one attached hydrogen (secondary N) is 2. The Balaban J connectivity index is 2.33. The Kier molecular flexibility index (Phi) is 9.11. The van der Waals surface area contributed by atoms with Crippen molar-refractivity contribution in [3.63, 3.8) is 0 Å². The maximum absolute atomic E-state index is 13.5. The van der Waals surface area contributed by atoms with Crippen LogP contribution in [0, 0.1) is 22.7 Å². The van der Waals surface area contributed by atoms with Gasteiger partial charge in [0.25, 0.3) is 0 Å². The molecule has 0 aromatic carbocycles. The fraction of sp³-hybridized carbons (Fsp3) is 0.609. The molecule has 1 aromatic heterocycles. The molecule has 35 heavy (non-hydrogen) atoms. The van der Waals surface area contributed by atoms with E-state index in [4.69, 9.17) is 11.6 Å². The van der Waals surface area contributed by atoms with Crippen LogP contribution in [0.25, 0.3) is 0 Å². The molecule has 3 amide bonds. The highest BCUT2D eigenvalue weighted by Gasteiger charge is 2.49. The number of nitrogens with zero attached hydrogens (tertiary/aromatic N) is 3. The Morgan fingerprint density at radius 3 is 2.49 bits per heavy atom. The van der Waals surface area contributed by atoms with Gasteiger partial charge in [-0.15, -0.1) is 0 Å². The van der Waals surface area contributed by atoms with Gasteiger partial charge in [-0.2, -0.15) is 18.4 Å². The maximum Gasteiger partial charge on any atom is 0.471 e. The lowest BCUT2D eigenvalue weighted by molar-refractivity contribution is -0.176. The molecule has 0 bridgehead atoms. The second-order valence-corrected chi connectivity index (χ2v) is 9.83. The van der Waals surface area contributed by atoms with Crippen LogP contribution in [-0.2, 0) is 14.4 Å². The Hall–Kier alpha value is -2.87. The molecule has 0 aliphatic carbocycles. The summed E-state index contributed by atoms with van der Waals surface area (Å²) < 4.78 is 39.1. The predicted octanol–water partition coefficient (Wildman–Crippen LogP) is 3.53. The second-order valence-electron chi connectivity index (χ2n) is 9.39. The Bertz CT molecular complexity index is 995. The third-order valence-corrected chi connectivity index (χ3v) is 6.39. The quantitative estimate of drug-likeness (QED) is 0.549. The highest BCUT2D eigenvalue weighted by molar-refractivity contribution is 6.30. The molecule has 1 aromatic rings. The fourth-order valence-corrected chi connectivity index (χ4v) is 4.54. The van der Waals surface area contributed by atoms with Crippen LogP contribution in [0.3, 0.4) is 0 Å². The van der Waals surface area contributed by atoms with Gasteiger partial charge in [0, 0.05) is 24.5 Å². The lowest BCUT2D eigenvalue weighted by Gasteiger charge is -2.38. The molecule has 2 rings (SSSR count). The molecule has 2 heterocycles. The van der Waals surface area contributed by atoms with Crippen molar-refractivity contribution in [2.45, 2.75) is 71.3 Å². The number of carbonyl (C=O) groups is 3. The van der Waals surface area contributed by atoms with Crippen LogP contribution < -0.4 is 10.6 Å². The molecule has 0 spiro atoms. The van der Waals surface area contributed by atoms with Crippen LogP contribution in [0.15, 0.2) is 18.5 Å². The van der Waals surface area contributed by atoms with E-state index in [-0.39, 0.29) is 17.5 Å². The van der Waals surface area contributed by atoms with Crippen molar-refractivity contribution >= 4 is 29.3 Å². The average molecular weight is 516 g/mol. The topological polar surface area (TPSA) is 115 Å². The van der Waals surface area contributed by atoms with Crippen molar-refractivity contribution < 1.29 is 27.6 Å². The summed E-state index contributed by atoms with van der Waals surface area (Å²) >= 11 is 5.92. The molecule has 192 valence electrons. The van der Waals surface area contributed by atoms with Gasteiger partial charge in [0.2, 0.25) is 11.8 Å². The van der Waals surface area contributed by atoms with Crippen LogP contribution >= 0.6 is 11.6 Å². The number of pyridine rings is 1. The number of rotatable bonds is 8. The molecule has 1 fully saturated rings. The monoisotopic (exact) mass is 515 g/mol. The number of halogens is 4. The summed E-state index contributed by atoms with van der Waals surface area (Å²) in [4.78, 5) is 43.6. The number of likely N-dealkylation sites (tertiary alicyclic amines) is 1. The Morgan fingerprint density at radius 1 is 1.29 bits per heavy atom. The van der Waals surface area contributed by atoms with Gasteiger partial charge in [-0.25, -0.2) is 0 Å². The number of carbonyl (C=O) groups excluding carboxylic acids is 3. The van der Waals surface area contributed by atoms with Crippen LogP contribution in [0.4, 0.5) is 13.2 Å². The molecule has 0 saturated carbocycles. The lowest BCUT2D eigenvalue weighted by atomic mass is 9.79. The van der Waals surface area contributed by atoms with E-state index in [0.29, 0.717) is 24.8 Å². The number of aromatic nitrogens is 1. The molecular formula is C23H29ClF3N5O3. The smallest absolute Gasteiger partial charge is 0.336 e. The Labute approximate surface area is 207 Å². The molecule has 2 N–H and O–H groups in total. The average Bonchev–Trinajstić information content (AvgIpc) is 3.15. The molecular weight excluding hydrogens is 487 g/mol. The summed E-state index contributed by atoms with van der Waals surface area (Å²) in [6, 6.07) is -0.213. The lowest BCUT2D eigenvalue weighted by Crippen LogP contribution is -2.60. The van der Waals surface area contributed by atoms with Crippen molar-refractivity contribution in [1.82, 2.24) is 20.5 Å². The summed E-state index contributed by atoms with van der Waals surface area (Å²) in [6.07, 6.45) is -1.07. The van der Waals surface area contributed by atoms with Crippen molar-refractivity contribution in [2.75, 3.05) is 6.54 Å². The van der Waals surface area contributed by atoms with Crippen LogP contribution in [0.5, 0.6) is 0 Å². The largest absolute Gasteiger partial charge is 0.471 e. The number of alkyl halides is 3. The SMILES string of the molecule is CCCC(C)(C)[C@H](NC(=O)C(F)(F)F)C(=O)N1CC[C@H](C)[C@H]1C(=O)N[C@H](C#N)c1cncc(Cl)c1. The number of hydrogen-bond donors (Lipinski definition) is 2. The zero-order valence-corrected chi connectivity index (χ0v) is 20.7. The number of hydrogen-bond acceptors (Lipinski definition) is 5. The maximum atomic E-state index is 13.5. The normalized spacial score (nSPS) is 20.0. The molecule has 4 atom stereocenters. The van der Waals surface area contributed by atoms with Gasteiger partial charge < -0.3 is 15.5 Å². The van der Waals surface area contributed by atoms with Crippen molar-refractivity contribution in [3.8, 4) is 6.07 Å². The molecule has 1 aliphatic rings. The number of amides is 3. The third-order valence-electron chi connectivity index (χ3n) is 6.18. The summed E-state index contributed by atoms with van der Waals surface area (Å²) in [5.41, 5.74) is -0.669. The first-order chi connectivity index (χ1) is 16.2. The minimum absolute atomic E-state index is 0.120. The highest BCUT2D eigenvalue weighted by atomic mass is 35.5. The standard InChI is InChI=1S/C23H29ClF3N5O3/c1-5-7-22(3,4)18(31-21(35)23(25,26)27)20(34)32-8-6-13(2)17(32)19(33)30-16(10-28)14-9-15(24)12-29-11-14/h9,11-13,16-18H,5-8H2,1-4H3,(H,30,33)(H,31,35)/t13-,16+,17-,18+/m0/s1. The zero-order valence-electron chi connectivity index (χ0n) is 19.9. The van der Waals surface area contributed by atoms with Crippen LogP contribution in [-0.4, -0.2) is 52.4 Å². The molecule has 12 heteroatoms. The third kappa shape index (κ3) is 6.84. The molecule has 1 saturated heterocycles. The first-order valence-corrected chi connectivity index (χ1v) is 11.6. The molecule has 0 radical (unpaired) electrons. The highest BCUT2D eigenvalue weighted by Crippen LogP contribution is 2.33. The van der Waals surface area contributed by atoms with Gasteiger partial charge in [-0.05, 0) is 30.2 Å². The van der Waals surface area contributed by atoms with Crippen LogP contribution in [0.2, 0.25) is 5.02 Å². The Morgan fingerprint density at radius 2 is 1.94 bits per heavy atom.